The van der Waals surface area contributed by atoms with E-state index in [0.29, 0.717) is 18.0 Å². The van der Waals surface area contributed by atoms with E-state index in [1.165, 1.54) is 5.56 Å². The van der Waals surface area contributed by atoms with E-state index in [1.54, 1.807) is 0 Å². The lowest BCUT2D eigenvalue weighted by Gasteiger charge is -2.19. The second-order valence-electron chi connectivity index (χ2n) is 6.21. The lowest BCUT2D eigenvalue weighted by Crippen LogP contribution is -2.28. The minimum absolute atomic E-state index is 0.552. The molecule has 0 amide bonds. The quantitative estimate of drug-likeness (QED) is 0.712. The number of hydrogen-bond donors (Lipinski definition) is 1. The Morgan fingerprint density at radius 3 is 2.77 bits per heavy atom. The molecule has 2 heterocycles. The van der Waals surface area contributed by atoms with Gasteiger partial charge in [0.1, 0.15) is 18.2 Å². The van der Waals surface area contributed by atoms with Gasteiger partial charge >= 0.3 is 0 Å². The fourth-order valence-electron chi connectivity index (χ4n) is 2.98. The van der Waals surface area contributed by atoms with E-state index in [0.717, 1.165) is 30.2 Å². The Balaban J connectivity index is 1.48. The van der Waals surface area contributed by atoms with Gasteiger partial charge in [0, 0.05) is 18.7 Å². The molecule has 0 aliphatic carbocycles. The summed E-state index contributed by atoms with van der Waals surface area (Å²) in [5.41, 5.74) is 2.32. The summed E-state index contributed by atoms with van der Waals surface area (Å²) in [5, 5.41) is 3.28. The first-order valence-electron chi connectivity index (χ1n) is 8.61. The van der Waals surface area contributed by atoms with Crippen molar-refractivity contribution in [2.45, 2.75) is 13.2 Å². The lowest BCUT2D eigenvalue weighted by atomic mass is 10.2. The van der Waals surface area contributed by atoms with Gasteiger partial charge in [0.05, 0.1) is 6.67 Å². The van der Waals surface area contributed by atoms with Crippen LogP contribution < -0.4 is 4.74 Å². The molecule has 0 spiro atoms. The van der Waals surface area contributed by atoms with Crippen molar-refractivity contribution in [3.8, 4) is 5.75 Å². The van der Waals surface area contributed by atoms with Gasteiger partial charge < -0.3 is 4.74 Å². The number of ether oxygens (including phenoxy) is 1. The van der Waals surface area contributed by atoms with Crippen molar-refractivity contribution >= 4 is 24.4 Å². The van der Waals surface area contributed by atoms with Crippen LogP contribution >= 0.6 is 12.2 Å². The summed E-state index contributed by atoms with van der Waals surface area (Å²) in [4.78, 5) is 6.73. The topological polar surface area (TPSA) is 46.1 Å². The van der Waals surface area contributed by atoms with E-state index >= 15 is 0 Å². The van der Waals surface area contributed by atoms with Gasteiger partial charge in [-0.1, -0.05) is 54.6 Å². The first kappa shape index (κ1) is 16.8. The van der Waals surface area contributed by atoms with Crippen LogP contribution in [0.5, 0.6) is 5.75 Å². The minimum Gasteiger partial charge on any atom is -0.492 e. The standard InChI is InChI=1S/C20H20N4OS/c26-20-21-19(11-10-16-6-2-1-3-7-16)22-24(20)15-23-12-13-25-18-9-5-4-8-17(18)14-23/h1-11H,12-15H2,(H,21,22,26)/b11-10+. The number of nitrogens with zero attached hydrogens (tertiary/aromatic N) is 3. The fourth-order valence-corrected chi connectivity index (χ4v) is 3.19. The highest BCUT2D eigenvalue weighted by molar-refractivity contribution is 7.71. The van der Waals surface area contributed by atoms with Crippen molar-refractivity contribution in [2.75, 3.05) is 13.2 Å². The van der Waals surface area contributed by atoms with Gasteiger partial charge in [0.15, 0.2) is 0 Å². The summed E-state index contributed by atoms with van der Waals surface area (Å²) in [5.74, 6) is 1.72. The summed E-state index contributed by atoms with van der Waals surface area (Å²) >= 11 is 5.41. The van der Waals surface area contributed by atoms with Gasteiger partial charge in [-0.3, -0.25) is 10.00 Å². The smallest absolute Gasteiger partial charge is 0.217 e. The van der Waals surface area contributed by atoms with Crippen LogP contribution in [0.4, 0.5) is 0 Å². The monoisotopic (exact) mass is 364 g/mol. The molecule has 0 fully saturated rings. The van der Waals surface area contributed by atoms with E-state index in [9.17, 15) is 0 Å². The molecule has 26 heavy (non-hydrogen) atoms. The molecule has 5 nitrogen and oxygen atoms in total. The van der Waals surface area contributed by atoms with Crippen molar-refractivity contribution in [2.24, 2.45) is 0 Å². The molecule has 6 heteroatoms. The summed E-state index contributed by atoms with van der Waals surface area (Å²) in [6.45, 7) is 2.98. The molecule has 1 aromatic heterocycles. The number of hydrogen-bond acceptors (Lipinski definition) is 4. The Labute approximate surface area is 157 Å². The number of para-hydroxylation sites is 1. The van der Waals surface area contributed by atoms with Gasteiger partial charge in [-0.15, -0.1) is 0 Å². The van der Waals surface area contributed by atoms with E-state index in [2.05, 4.69) is 33.2 Å². The highest BCUT2D eigenvalue weighted by Crippen LogP contribution is 2.22. The number of aromatic amines is 1. The van der Waals surface area contributed by atoms with Crippen LogP contribution in [-0.4, -0.2) is 32.8 Å². The summed E-state index contributed by atoms with van der Waals surface area (Å²) < 4.78 is 8.27. The third kappa shape index (κ3) is 3.92. The second-order valence-corrected chi connectivity index (χ2v) is 6.58. The number of H-pyrrole nitrogens is 1. The molecule has 2 aromatic carbocycles. The third-order valence-corrected chi connectivity index (χ3v) is 4.61. The largest absolute Gasteiger partial charge is 0.492 e. The first-order chi connectivity index (χ1) is 12.8. The maximum Gasteiger partial charge on any atom is 0.217 e. The van der Waals surface area contributed by atoms with E-state index in [-0.39, 0.29) is 0 Å². The Bertz CT molecular complexity index is 961. The fraction of sp³-hybridized carbons (Fsp3) is 0.200. The van der Waals surface area contributed by atoms with Crippen molar-refractivity contribution in [1.29, 1.82) is 0 Å². The average molecular weight is 364 g/mol. The van der Waals surface area contributed by atoms with Gasteiger partial charge in [0.25, 0.3) is 0 Å². The SMILES string of the molecule is S=c1nc(/C=C/c2ccccc2)[nH]n1CN1CCOc2ccccc2C1. The number of rotatable bonds is 4. The second kappa shape index (κ2) is 7.68. The first-order valence-corrected chi connectivity index (χ1v) is 9.02. The normalized spacial score (nSPS) is 14.8. The zero-order chi connectivity index (χ0) is 17.8. The Hall–Kier alpha value is -2.70. The van der Waals surface area contributed by atoms with Crippen LogP contribution in [0.2, 0.25) is 0 Å². The van der Waals surface area contributed by atoms with Gasteiger partial charge in [-0.2, -0.15) is 4.98 Å². The molecular formula is C20H20N4OS. The van der Waals surface area contributed by atoms with E-state index in [4.69, 9.17) is 17.0 Å². The van der Waals surface area contributed by atoms with Crippen LogP contribution in [0.15, 0.2) is 54.6 Å². The number of aromatic nitrogens is 3. The van der Waals surface area contributed by atoms with E-state index in [1.807, 2.05) is 53.2 Å². The summed E-state index contributed by atoms with van der Waals surface area (Å²) in [6, 6.07) is 18.3. The number of benzene rings is 2. The molecule has 1 aliphatic rings. The van der Waals surface area contributed by atoms with Crippen LogP contribution in [0, 0.1) is 4.77 Å². The van der Waals surface area contributed by atoms with Crippen molar-refractivity contribution < 1.29 is 4.74 Å². The van der Waals surface area contributed by atoms with Gasteiger partial charge in [-0.05, 0) is 29.9 Å². The Morgan fingerprint density at radius 2 is 1.88 bits per heavy atom. The Kier molecular flexibility index (Phi) is 4.95. The van der Waals surface area contributed by atoms with Crippen LogP contribution in [0.1, 0.15) is 17.0 Å². The summed E-state index contributed by atoms with van der Waals surface area (Å²) in [6.07, 6.45) is 3.97. The maximum absolute atomic E-state index is 5.83. The van der Waals surface area contributed by atoms with Crippen molar-refractivity contribution in [1.82, 2.24) is 19.7 Å². The summed E-state index contributed by atoms with van der Waals surface area (Å²) in [7, 11) is 0. The molecule has 0 saturated carbocycles. The predicted molar refractivity (Wildman–Crippen MR) is 105 cm³/mol. The number of fused-ring (bicyclic) bond motifs is 1. The molecule has 132 valence electrons. The molecule has 4 rings (SSSR count). The average Bonchev–Trinajstić information content (AvgIpc) is 2.88. The lowest BCUT2D eigenvalue weighted by molar-refractivity contribution is 0.177. The molecule has 0 radical (unpaired) electrons. The Morgan fingerprint density at radius 1 is 1.08 bits per heavy atom. The molecule has 0 unspecified atom stereocenters. The molecule has 0 atom stereocenters. The van der Waals surface area contributed by atoms with Crippen LogP contribution in [-0.2, 0) is 13.2 Å². The zero-order valence-corrected chi connectivity index (χ0v) is 15.2. The van der Waals surface area contributed by atoms with Gasteiger partial charge in [0.2, 0.25) is 4.77 Å². The third-order valence-electron chi connectivity index (χ3n) is 4.30. The van der Waals surface area contributed by atoms with Crippen LogP contribution in [0.25, 0.3) is 12.2 Å². The van der Waals surface area contributed by atoms with Crippen molar-refractivity contribution in [3.05, 3.63) is 76.3 Å². The molecular weight excluding hydrogens is 344 g/mol. The maximum atomic E-state index is 5.83. The number of nitrogens with one attached hydrogen (secondary N) is 1. The van der Waals surface area contributed by atoms with E-state index < -0.39 is 0 Å². The minimum atomic E-state index is 0.552. The highest BCUT2D eigenvalue weighted by Gasteiger charge is 2.15. The molecule has 1 aliphatic heterocycles. The van der Waals surface area contributed by atoms with Crippen LogP contribution in [0.3, 0.4) is 0 Å². The predicted octanol–water partition coefficient (Wildman–Crippen LogP) is 3.96. The molecule has 1 N–H and O–H groups in total. The molecule has 3 aromatic rings. The molecule has 0 saturated heterocycles. The van der Waals surface area contributed by atoms with Gasteiger partial charge in [-0.25, -0.2) is 4.68 Å². The molecule has 0 bridgehead atoms. The zero-order valence-electron chi connectivity index (χ0n) is 14.3. The highest BCUT2D eigenvalue weighted by atomic mass is 32.1. The van der Waals surface area contributed by atoms with Crippen molar-refractivity contribution in [3.63, 3.8) is 0 Å².